The first-order valence-electron chi connectivity index (χ1n) is 8.22. The van der Waals surface area contributed by atoms with Crippen LogP contribution in [-0.2, 0) is 0 Å². The maximum atomic E-state index is 9.51. The van der Waals surface area contributed by atoms with Crippen molar-refractivity contribution in [1.29, 1.82) is 5.26 Å². The van der Waals surface area contributed by atoms with Gasteiger partial charge in [0.1, 0.15) is 5.54 Å². The zero-order valence-electron chi connectivity index (χ0n) is 14.2. The van der Waals surface area contributed by atoms with Crippen LogP contribution in [0.5, 0.6) is 0 Å². The Morgan fingerprint density at radius 1 is 1.25 bits per heavy atom. The predicted octanol–water partition coefficient (Wildman–Crippen LogP) is 3.56. The Morgan fingerprint density at radius 3 is 2.25 bits per heavy atom. The lowest BCUT2D eigenvalue weighted by Gasteiger charge is -2.35. The SMILES string of the molecule is CC(C)CCN(C(C)CC(C)(C#N)NC(C)C)C1CC1. The van der Waals surface area contributed by atoms with E-state index in [0.29, 0.717) is 12.1 Å². The first kappa shape index (κ1) is 17.5. The van der Waals surface area contributed by atoms with Crippen LogP contribution < -0.4 is 5.32 Å². The van der Waals surface area contributed by atoms with Crippen LogP contribution in [0.1, 0.15) is 67.2 Å². The lowest BCUT2D eigenvalue weighted by Crippen LogP contribution is -2.50. The summed E-state index contributed by atoms with van der Waals surface area (Å²) in [6, 6.07) is 4.07. The zero-order valence-corrected chi connectivity index (χ0v) is 14.2. The third kappa shape index (κ3) is 5.81. The normalized spacial score (nSPS) is 20.2. The third-order valence-corrected chi connectivity index (χ3v) is 4.10. The van der Waals surface area contributed by atoms with Gasteiger partial charge in [0, 0.05) is 18.1 Å². The van der Waals surface area contributed by atoms with Crippen molar-refractivity contribution < 1.29 is 0 Å². The molecular formula is C17H33N3. The molecule has 1 aliphatic rings. The minimum atomic E-state index is -0.418. The van der Waals surface area contributed by atoms with E-state index in [1.165, 1.54) is 25.8 Å². The standard InChI is InChI=1S/C17H33N3/c1-13(2)9-10-20(16-7-8-16)15(5)11-17(6,12-18)19-14(3)4/h13-16,19H,7-11H2,1-6H3. The Labute approximate surface area is 125 Å². The van der Waals surface area contributed by atoms with Gasteiger partial charge in [-0.25, -0.2) is 0 Å². The fourth-order valence-corrected chi connectivity index (χ4v) is 3.06. The predicted molar refractivity (Wildman–Crippen MR) is 85.6 cm³/mol. The van der Waals surface area contributed by atoms with Gasteiger partial charge in [-0.05, 0) is 65.8 Å². The first-order chi connectivity index (χ1) is 9.27. The number of nitrogens with zero attached hydrogens (tertiary/aromatic N) is 2. The molecular weight excluding hydrogens is 246 g/mol. The highest BCUT2D eigenvalue weighted by Crippen LogP contribution is 2.31. The van der Waals surface area contributed by atoms with Gasteiger partial charge in [0.2, 0.25) is 0 Å². The van der Waals surface area contributed by atoms with E-state index in [1.807, 2.05) is 6.92 Å². The van der Waals surface area contributed by atoms with Gasteiger partial charge in [0.05, 0.1) is 6.07 Å². The second-order valence-electron chi connectivity index (χ2n) is 7.45. The van der Waals surface area contributed by atoms with Crippen molar-refractivity contribution in [1.82, 2.24) is 10.2 Å². The molecule has 0 spiro atoms. The monoisotopic (exact) mass is 279 g/mol. The molecule has 0 amide bonds. The zero-order chi connectivity index (χ0) is 15.3. The topological polar surface area (TPSA) is 39.1 Å². The second-order valence-corrected chi connectivity index (χ2v) is 7.45. The van der Waals surface area contributed by atoms with Gasteiger partial charge < -0.3 is 0 Å². The summed E-state index contributed by atoms with van der Waals surface area (Å²) < 4.78 is 0. The molecule has 0 aromatic carbocycles. The smallest absolute Gasteiger partial charge is 0.105 e. The highest BCUT2D eigenvalue weighted by Gasteiger charge is 2.35. The Morgan fingerprint density at radius 2 is 1.85 bits per heavy atom. The van der Waals surface area contributed by atoms with Crippen LogP contribution in [0.2, 0.25) is 0 Å². The average Bonchev–Trinajstić information content (AvgIpc) is 3.12. The van der Waals surface area contributed by atoms with Crippen molar-refractivity contribution in [3.63, 3.8) is 0 Å². The molecule has 2 unspecified atom stereocenters. The van der Waals surface area contributed by atoms with Crippen molar-refractivity contribution in [2.45, 2.75) is 90.9 Å². The highest BCUT2D eigenvalue weighted by atomic mass is 15.2. The molecule has 1 aliphatic carbocycles. The Balaban J connectivity index is 2.60. The average molecular weight is 279 g/mol. The van der Waals surface area contributed by atoms with Gasteiger partial charge in [-0.1, -0.05) is 13.8 Å². The molecule has 3 nitrogen and oxygen atoms in total. The minimum absolute atomic E-state index is 0.344. The van der Waals surface area contributed by atoms with Crippen molar-refractivity contribution in [3.05, 3.63) is 0 Å². The Kier molecular flexibility index (Phi) is 6.48. The fraction of sp³-hybridized carbons (Fsp3) is 0.941. The minimum Gasteiger partial charge on any atom is -0.298 e. The van der Waals surface area contributed by atoms with Crippen LogP contribution in [0, 0.1) is 17.2 Å². The summed E-state index contributed by atoms with van der Waals surface area (Å²) in [4.78, 5) is 2.64. The van der Waals surface area contributed by atoms with Crippen molar-refractivity contribution in [3.8, 4) is 6.07 Å². The van der Waals surface area contributed by atoms with E-state index in [2.05, 4.69) is 50.9 Å². The summed E-state index contributed by atoms with van der Waals surface area (Å²) >= 11 is 0. The van der Waals surface area contributed by atoms with E-state index in [4.69, 9.17) is 0 Å². The number of rotatable bonds is 9. The Hall–Kier alpha value is -0.590. The summed E-state index contributed by atoms with van der Waals surface area (Å²) in [6.45, 7) is 14.3. The molecule has 0 aromatic heterocycles. The van der Waals surface area contributed by atoms with Crippen LogP contribution in [-0.4, -0.2) is 35.1 Å². The Bertz CT molecular complexity index is 328. The van der Waals surface area contributed by atoms with Crippen molar-refractivity contribution in [2.75, 3.05) is 6.54 Å². The van der Waals surface area contributed by atoms with Crippen LogP contribution in [0.15, 0.2) is 0 Å². The molecule has 0 saturated heterocycles. The van der Waals surface area contributed by atoms with Gasteiger partial charge in [-0.2, -0.15) is 5.26 Å². The molecule has 0 heterocycles. The van der Waals surface area contributed by atoms with Gasteiger partial charge >= 0.3 is 0 Å². The molecule has 0 aliphatic heterocycles. The third-order valence-electron chi connectivity index (χ3n) is 4.10. The van der Waals surface area contributed by atoms with E-state index in [1.54, 1.807) is 0 Å². The molecule has 2 atom stereocenters. The van der Waals surface area contributed by atoms with E-state index < -0.39 is 5.54 Å². The summed E-state index contributed by atoms with van der Waals surface area (Å²) in [5.41, 5.74) is -0.418. The maximum absolute atomic E-state index is 9.51. The lowest BCUT2D eigenvalue weighted by atomic mass is 9.93. The molecule has 116 valence electrons. The van der Waals surface area contributed by atoms with E-state index in [0.717, 1.165) is 18.4 Å². The van der Waals surface area contributed by atoms with E-state index >= 15 is 0 Å². The van der Waals surface area contributed by atoms with E-state index in [9.17, 15) is 5.26 Å². The number of nitriles is 1. The van der Waals surface area contributed by atoms with Crippen LogP contribution >= 0.6 is 0 Å². The van der Waals surface area contributed by atoms with E-state index in [-0.39, 0.29) is 0 Å². The molecule has 20 heavy (non-hydrogen) atoms. The quantitative estimate of drug-likeness (QED) is 0.701. The molecule has 0 aromatic rings. The van der Waals surface area contributed by atoms with Gasteiger partial charge in [0.25, 0.3) is 0 Å². The highest BCUT2D eigenvalue weighted by molar-refractivity contribution is 5.06. The van der Waals surface area contributed by atoms with Crippen LogP contribution in [0.3, 0.4) is 0 Å². The summed E-state index contributed by atoms with van der Waals surface area (Å²) in [5.74, 6) is 0.750. The van der Waals surface area contributed by atoms with Crippen molar-refractivity contribution >= 4 is 0 Å². The largest absolute Gasteiger partial charge is 0.298 e. The summed E-state index contributed by atoms with van der Waals surface area (Å²) in [5, 5.41) is 12.9. The fourth-order valence-electron chi connectivity index (χ4n) is 3.06. The first-order valence-corrected chi connectivity index (χ1v) is 8.22. The van der Waals surface area contributed by atoms with Gasteiger partial charge in [-0.3, -0.25) is 10.2 Å². The van der Waals surface area contributed by atoms with Gasteiger partial charge in [0.15, 0.2) is 0 Å². The number of nitrogens with one attached hydrogen (secondary N) is 1. The molecule has 0 bridgehead atoms. The molecule has 1 N–H and O–H groups in total. The van der Waals surface area contributed by atoms with Crippen molar-refractivity contribution in [2.24, 2.45) is 5.92 Å². The molecule has 0 radical (unpaired) electrons. The number of hydrogen-bond donors (Lipinski definition) is 1. The van der Waals surface area contributed by atoms with Gasteiger partial charge in [-0.15, -0.1) is 0 Å². The molecule has 3 heteroatoms. The summed E-state index contributed by atoms with van der Waals surface area (Å²) in [7, 11) is 0. The molecule has 1 fully saturated rings. The van der Waals surface area contributed by atoms with Crippen LogP contribution in [0.25, 0.3) is 0 Å². The van der Waals surface area contributed by atoms with Crippen LogP contribution in [0.4, 0.5) is 0 Å². The molecule has 1 saturated carbocycles. The maximum Gasteiger partial charge on any atom is 0.105 e. The number of hydrogen-bond acceptors (Lipinski definition) is 3. The molecule has 1 rings (SSSR count). The lowest BCUT2D eigenvalue weighted by molar-refractivity contribution is 0.157. The summed E-state index contributed by atoms with van der Waals surface area (Å²) in [6.07, 6.45) is 4.82. The second kappa shape index (κ2) is 7.43.